The summed E-state index contributed by atoms with van der Waals surface area (Å²) in [6.45, 7) is 2.13. The highest BCUT2D eigenvalue weighted by Crippen LogP contribution is 2.23. The van der Waals surface area contributed by atoms with Crippen molar-refractivity contribution in [1.82, 2.24) is 10.2 Å². The van der Waals surface area contributed by atoms with E-state index in [0.29, 0.717) is 12.6 Å². The summed E-state index contributed by atoms with van der Waals surface area (Å²) in [6, 6.07) is 8.77. The largest absolute Gasteiger partial charge is 0.335 e. The maximum absolute atomic E-state index is 11.9. The molecule has 1 amide bonds. The highest BCUT2D eigenvalue weighted by Gasteiger charge is 2.42. The van der Waals surface area contributed by atoms with E-state index in [2.05, 4.69) is 17.4 Å². The van der Waals surface area contributed by atoms with Crippen molar-refractivity contribution in [2.75, 3.05) is 6.54 Å². The molecule has 2 bridgehead atoms. The third kappa shape index (κ3) is 1.94. The maximum atomic E-state index is 11.9. The Kier molecular flexibility index (Phi) is 2.61. The Balaban J connectivity index is 1.67. The molecule has 0 spiro atoms. The molecule has 0 aliphatic carbocycles. The van der Waals surface area contributed by atoms with Crippen molar-refractivity contribution in [3.05, 3.63) is 35.4 Å². The van der Waals surface area contributed by atoms with Gasteiger partial charge in [0, 0.05) is 25.7 Å². The highest BCUT2D eigenvalue weighted by molar-refractivity contribution is 5.84. The van der Waals surface area contributed by atoms with E-state index in [4.69, 9.17) is 5.73 Å². The second-order valence-electron chi connectivity index (χ2n) is 4.89. The zero-order valence-corrected chi connectivity index (χ0v) is 9.73. The Hall–Kier alpha value is -1.39. The van der Waals surface area contributed by atoms with Gasteiger partial charge in [0.1, 0.15) is 0 Å². The summed E-state index contributed by atoms with van der Waals surface area (Å²) in [6.07, 6.45) is 1.02. The predicted molar refractivity (Wildman–Crippen MR) is 65.1 cm³/mol. The quantitative estimate of drug-likeness (QED) is 0.782. The standard InChI is InChI=1S/C13H17N3O/c14-6-9-1-3-10(4-2-9)7-16-8-11-5-12(15-11)13(16)17/h1-4,11-12,15H,5-8,14H2. The molecule has 1 aromatic rings. The lowest BCUT2D eigenvalue weighted by Gasteiger charge is -2.47. The molecule has 0 radical (unpaired) electrons. The smallest absolute Gasteiger partial charge is 0.240 e. The minimum absolute atomic E-state index is 0.0806. The van der Waals surface area contributed by atoms with E-state index in [-0.39, 0.29) is 11.9 Å². The summed E-state index contributed by atoms with van der Waals surface area (Å²) in [5.74, 6) is 0.246. The molecular weight excluding hydrogens is 214 g/mol. The van der Waals surface area contributed by atoms with Gasteiger partial charge in [-0.15, -0.1) is 0 Å². The zero-order chi connectivity index (χ0) is 11.8. The summed E-state index contributed by atoms with van der Waals surface area (Å²) in [5.41, 5.74) is 7.86. The molecule has 2 unspecified atom stereocenters. The highest BCUT2D eigenvalue weighted by atomic mass is 16.2. The van der Waals surface area contributed by atoms with Gasteiger partial charge in [-0.05, 0) is 17.5 Å². The number of benzene rings is 1. The molecule has 17 heavy (non-hydrogen) atoms. The average molecular weight is 231 g/mol. The van der Waals surface area contributed by atoms with Crippen LogP contribution in [0.15, 0.2) is 24.3 Å². The van der Waals surface area contributed by atoms with Gasteiger partial charge in [-0.25, -0.2) is 0 Å². The summed E-state index contributed by atoms with van der Waals surface area (Å²) >= 11 is 0. The minimum Gasteiger partial charge on any atom is -0.335 e. The van der Waals surface area contributed by atoms with Gasteiger partial charge in [-0.2, -0.15) is 0 Å². The molecule has 4 rings (SSSR count). The van der Waals surface area contributed by atoms with Crippen LogP contribution in [0.5, 0.6) is 0 Å². The summed E-state index contributed by atoms with van der Waals surface area (Å²) in [7, 11) is 0. The van der Waals surface area contributed by atoms with Gasteiger partial charge in [-0.3, -0.25) is 4.79 Å². The van der Waals surface area contributed by atoms with Crippen LogP contribution in [-0.4, -0.2) is 29.4 Å². The lowest BCUT2D eigenvalue weighted by molar-refractivity contribution is -0.143. The van der Waals surface area contributed by atoms with Crippen LogP contribution < -0.4 is 11.1 Å². The molecular formula is C13H17N3O. The Labute approximate surface area is 101 Å². The lowest BCUT2D eigenvalue weighted by atomic mass is 9.90. The molecule has 90 valence electrons. The molecule has 4 heteroatoms. The molecule has 3 aliphatic rings. The second kappa shape index (κ2) is 4.13. The van der Waals surface area contributed by atoms with Crippen molar-refractivity contribution in [2.45, 2.75) is 31.6 Å². The first kappa shape index (κ1) is 10.7. The number of hydrogen-bond donors (Lipinski definition) is 2. The first-order valence-corrected chi connectivity index (χ1v) is 6.09. The average Bonchev–Trinajstić information content (AvgIpc) is 2.31. The lowest BCUT2D eigenvalue weighted by Crippen LogP contribution is -2.69. The van der Waals surface area contributed by atoms with E-state index in [1.54, 1.807) is 0 Å². The van der Waals surface area contributed by atoms with Crippen molar-refractivity contribution in [1.29, 1.82) is 0 Å². The Morgan fingerprint density at radius 2 is 1.94 bits per heavy atom. The molecule has 3 saturated heterocycles. The van der Waals surface area contributed by atoms with E-state index in [0.717, 1.165) is 25.1 Å². The van der Waals surface area contributed by atoms with Gasteiger partial charge in [0.05, 0.1) is 6.04 Å². The number of amides is 1. The summed E-state index contributed by atoms with van der Waals surface area (Å²) < 4.78 is 0. The number of hydrogen-bond acceptors (Lipinski definition) is 3. The van der Waals surface area contributed by atoms with Crippen LogP contribution in [-0.2, 0) is 17.9 Å². The van der Waals surface area contributed by atoms with Gasteiger partial charge < -0.3 is 16.0 Å². The van der Waals surface area contributed by atoms with Crippen molar-refractivity contribution in [2.24, 2.45) is 5.73 Å². The molecule has 3 N–H and O–H groups in total. The van der Waals surface area contributed by atoms with Gasteiger partial charge in [0.25, 0.3) is 0 Å². The second-order valence-corrected chi connectivity index (χ2v) is 4.89. The molecule has 3 heterocycles. The van der Waals surface area contributed by atoms with Crippen molar-refractivity contribution >= 4 is 5.91 Å². The Morgan fingerprint density at radius 1 is 1.29 bits per heavy atom. The fourth-order valence-corrected chi connectivity index (χ4v) is 2.56. The molecule has 2 atom stereocenters. The van der Waals surface area contributed by atoms with Crippen LogP contribution in [0.4, 0.5) is 0 Å². The third-order valence-corrected chi connectivity index (χ3v) is 3.64. The van der Waals surface area contributed by atoms with Crippen molar-refractivity contribution in [3.8, 4) is 0 Å². The van der Waals surface area contributed by atoms with Crippen molar-refractivity contribution in [3.63, 3.8) is 0 Å². The van der Waals surface area contributed by atoms with Gasteiger partial charge in [0.15, 0.2) is 0 Å². The zero-order valence-electron chi connectivity index (χ0n) is 9.73. The molecule has 0 saturated carbocycles. The van der Waals surface area contributed by atoms with E-state index < -0.39 is 0 Å². The third-order valence-electron chi connectivity index (χ3n) is 3.64. The predicted octanol–water partition coefficient (Wildman–Crippen LogP) is 0.218. The number of carbonyl (C=O) groups is 1. The first-order valence-electron chi connectivity index (χ1n) is 6.09. The van der Waals surface area contributed by atoms with Crippen LogP contribution in [0.25, 0.3) is 0 Å². The van der Waals surface area contributed by atoms with E-state index >= 15 is 0 Å². The molecule has 3 aliphatic heterocycles. The van der Waals surface area contributed by atoms with Gasteiger partial charge in [-0.1, -0.05) is 24.3 Å². The number of nitrogens with zero attached hydrogens (tertiary/aromatic N) is 1. The molecule has 4 nitrogen and oxygen atoms in total. The SMILES string of the molecule is NCc1ccc(CN2CC3CC(N3)C2=O)cc1. The van der Waals surface area contributed by atoms with Crippen LogP contribution in [0.1, 0.15) is 17.5 Å². The number of nitrogens with one attached hydrogen (secondary N) is 1. The van der Waals surface area contributed by atoms with Crippen LogP contribution in [0, 0.1) is 0 Å². The van der Waals surface area contributed by atoms with Gasteiger partial charge in [0.2, 0.25) is 5.91 Å². The van der Waals surface area contributed by atoms with Crippen LogP contribution in [0.3, 0.4) is 0 Å². The first-order chi connectivity index (χ1) is 8.26. The number of piperazine rings is 1. The topological polar surface area (TPSA) is 58.4 Å². The fraction of sp³-hybridized carbons (Fsp3) is 0.462. The normalized spacial score (nSPS) is 26.9. The summed E-state index contributed by atoms with van der Waals surface area (Å²) in [5, 5.41) is 3.26. The summed E-state index contributed by atoms with van der Waals surface area (Å²) in [4.78, 5) is 13.9. The van der Waals surface area contributed by atoms with Gasteiger partial charge >= 0.3 is 0 Å². The van der Waals surface area contributed by atoms with Crippen LogP contribution in [0.2, 0.25) is 0 Å². The Bertz CT molecular complexity index is 423. The minimum atomic E-state index is 0.0806. The van der Waals surface area contributed by atoms with E-state index in [1.165, 1.54) is 5.56 Å². The number of nitrogens with two attached hydrogens (primary N) is 1. The monoisotopic (exact) mass is 231 g/mol. The maximum Gasteiger partial charge on any atom is 0.240 e. The van der Waals surface area contributed by atoms with Crippen molar-refractivity contribution < 1.29 is 4.79 Å². The molecule has 1 aromatic carbocycles. The van der Waals surface area contributed by atoms with E-state index in [1.807, 2.05) is 17.0 Å². The van der Waals surface area contributed by atoms with Crippen LogP contribution >= 0.6 is 0 Å². The van der Waals surface area contributed by atoms with E-state index in [9.17, 15) is 4.79 Å². The number of rotatable bonds is 3. The number of fused-ring (bicyclic) bond motifs is 2. The Morgan fingerprint density at radius 3 is 2.53 bits per heavy atom. The molecule has 0 aromatic heterocycles. The number of piperidine rings is 1. The molecule has 3 fully saturated rings. The number of carbonyl (C=O) groups excluding carboxylic acids is 1. The fourth-order valence-electron chi connectivity index (χ4n) is 2.56.